The molecule has 1 aromatic heterocycles. The Labute approximate surface area is 89.4 Å². The van der Waals surface area contributed by atoms with Crippen molar-refractivity contribution in [1.29, 1.82) is 0 Å². The molecule has 8 heteroatoms. The lowest BCUT2D eigenvalue weighted by Crippen LogP contribution is -2.37. The highest BCUT2D eigenvalue weighted by molar-refractivity contribution is 5.45. The molecule has 5 nitrogen and oxygen atoms in total. The number of hydrogen-bond acceptors (Lipinski definition) is 3. The molecule has 0 aromatic carbocycles. The number of rotatable bonds is 4. The molecule has 0 aliphatic heterocycles. The van der Waals surface area contributed by atoms with Crippen molar-refractivity contribution in [3.05, 3.63) is 11.6 Å². The van der Waals surface area contributed by atoms with Crippen molar-refractivity contribution in [2.24, 2.45) is 0 Å². The third-order valence-electron chi connectivity index (χ3n) is 2.15. The molecule has 1 heterocycles. The average Bonchev–Trinajstić information content (AvgIpc) is 2.61. The first-order chi connectivity index (χ1) is 7.29. The minimum atomic E-state index is -4.43. The number of carbonyl (C=O) groups excluding carboxylic acids is 1. The molecule has 2 N–H and O–H groups in total. The highest BCUT2D eigenvalue weighted by Crippen LogP contribution is 2.38. The van der Waals surface area contributed by atoms with Crippen LogP contribution in [0.1, 0.15) is 25.5 Å². The Hall–Kier alpha value is -1.60. The molecule has 0 atom stereocenters. The van der Waals surface area contributed by atoms with E-state index in [1.165, 1.54) is 0 Å². The highest BCUT2D eigenvalue weighted by atomic mass is 19.4. The van der Waals surface area contributed by atoms with Crippen molar-refractivity contribution in [2.45, 2.75) is 32.0 Å². The van der Waals surface area contributed by atoms with Crippen molar-refractivity contribution in [3.8, 4) is 0 Å². The van der Waals surface area contributed by atoms with Crippen LogP contribution in [0.3, 0.4) is 0 Å². The van der Waals surface area contributed by atoms with Gasteiger partial charge in [0.05, 0.1) is 6.54 Å². The minimum Gasteiger partial charge on any atom is -0.351 e. The molecule has 0 bridgehead atoms. The Balaban J connectivity index is 2.89. The number of amides is 1. The van der Waals surface area contributed by atoms with Gasteiger partial charge in [-0.05, 0) is 13.8 Å². The lowest BCUT2D eigenvalue weighted by molar-refractivity contribution is -0.182. The SMILES string of the molecule is CC(C)(c1n[nH]c(CNC=O)n1)C(F)(F)F. The lowest BCUT2D eigenvalue weighted by Gasteiger charge is -2.23. The van der Waals surface area contributed by atoms with Crippen LogP contribution in [-0.4, -0.2) is 27.8 Å². The van der Waals surface area contributed by atoms with E-state index in [-0.39, 0.29) is 18.2 Å². The lowest BCUT2D eigenvalue weighted by atomic mass is 9.92. The smallest absolute Gasteiger partial charge is 0.351 e. The summed E-state index contributed by atoms with van der Waals surface area (Å²) in [7, 11) is 0. The van der Waals surface area contributed by atoms with E-state index >= 15 is 0 Å². The van der Waals surface area contributed by atoms with E-state index in [0.717, 1.165) is 13.8 Å². The second kappa shape index (κ2) is 4.11. The van der Waals surface area contributed by atoms with Crippen molar-refractivity contribution in [2.75, 3.05) is 0 Å². The minimum absolute atomic E-state index is 0.0183. The maximum absolute atomic E-state index is 12.6. The maximum atomic E-state index is 12.6. The number of aromatic amines is 1. The Kier molecular flexibility index (Phi) is 3.20. The van der Waals surface area contributed by atoms with E-state index in [1.54, 1.807) is 0 Å². The van der Waals surface area contributed by atoms with Gasteiger partial charge in [0.1, 0.15) is 11.2 Å². The standard InChI is InChI=1S/C8H11F3N4O/c1-7(2,8(9,10)11)6-13-5(14-15-6)3-12-4-16/h4H,3H2,1-2H3,(H,12,16)(H,13,14,15). The first kappa shape index (κ1) is 12.5. The third-order valence-corrected chi connectivity index (χ3v) is 2.15. The molecular weight excluding hydrogens is 225 g/mol. The van der Waals surface area contributed by atoms with Crippen LogP contribution < -0.4 is 5.32 Å². The van der Waals surface area contributed by atoms with Gasteiger partial charge in [0.25, 0.3) is 0 Å². The average molecular weight is 236 g/mol. The van der Waals surface area contributed by atoms with Crippen LogP contribution in [0.15, 0.2) is 0 Å². The van der Waals surface area contributed by atoms with E-state index in [2.05, 4.69) is 20.5 Å². The topological polar surface area (TPSA) is 70.7 Å². The molecule has 0 aliphatic carbocycles. The summed E-state index contributed by atoms with van der Waals surface area (Å²) in [4.78, 5) is 13.7. The largest absolute Gasteiger partial charge is 0.401 e. The molecular formula is C8H11F3N4O. The quantitative estimate of drug-likeness (QED) is 0.763. The van der Waals surface area contributed by atoms with Gasteiger partial charge in [0.15, 0.2) is 5.82 Å². The van der Waals surface area contributed by atoms with Gasteiger partial charge in [-0.25, -0.2) is 4.98 Å². The molecule has 90 valence electrons. The summed E-state index contributed by atoms with van der Waals surface area (Å²) in [6, 6.07) is 0. The molecule has 1 rings (SSSR count). The predicted octanol–water partition coefficient (Wildman–Crippen LogP) is 0.891. The predicted molar refractivity (Wildman–Crippen MR) is 48.4 cm³/mol. The van der Waals surface area contributed by atoms with E-state index < -0.39 is 11.6 Å². The number of nitrogens with zero attached hydrogens (tertiary/aromatic N) is 2. The van der Waals surface area contributed by atoms with Gasteiger partial charge in [-0.1, -0.05) is 0 Å². The Bertz CT molecular complexity index is 372. The van der Waals surface area contributed by atoms with Crippen LogP contribution in [0.5, 0.6) is 0 Å². The summed E-state index contributed by atoms with van der Waals surface area (Å²) in [5.41, 5.74) is -2.12. The van der Waals surface area contributed by atoms with Crippen LogP contribution in [0.25, 0.3) is 0 Å². The Morgan fingerprint density at radius 2 is 2.06 bits per heavy atom. The second-order valence-electron chi connectivity index (χ2n) is 3.73. The van der Waals surface area contributed by atoms with Gasteiger partial charge in [0, 0.05) is 0 Å². The van der Waals surface area contributed by atoms with E-state index in [9.17, 15) is 18.0 Å². The number of hydrogen-bond donors (Lipinski definition) is 2. The molecule has 0 unspecified atom stereocenters. The summed E-state index contributed by atoms with van der Waals surface area (Å²) < 4.78 is 37.8. The van der Waals surface area contributed by atoms with Crippen LogP contribution in [-0.2, 0) is 16.8 Å². The summed E-state index contributed by atoms with van der Waals surface area (Å²) in [6.07, 6.45) is -4.00. The zero-order valence-corrected chi connectivity index (χ0v) is 8.72. The molecule has 0 saturated carbocycles. The fraction of sp³-hybridized carbons (Fsp3) is 0.625. The second-order valence-corrected chi connectivity index (χ2v) is 3.73. The summed E-state index contributed by atoms with van der Waals surface area (Å²) in [5, 5.41) is 8.10. The zero-order chi connectivity index (χ0) is 12.4. The number of alkyl halides is 3. The number of carbonyl (C=O) groups is 1. The third kappa shape index (κ3) is 2.31. The van der Waals surface area contributed by atoms with E-state index in [0.29, 0.717) is 6.41 Å². The van der Waals surface area contributed by atoms with Crippen LogP contribution in [0.4, 0.5) is 13.2 Å². The Morgan fingerprint density at radius 3 is 2.56 bits per heavy atom. The van der Waals surface area contributed by atoms with Crippen LogP contribution >= 0.6 is 0 Å². The summed E-state index contributed by atoms with van der Waals surface area (Å²) in [6.45, 7) is 2.00. The molecule has 1 aromatic rings. The van der Waals surface area contributed by atoms with Gasteiger partial charge in [-0.3, -0.25) is 9.89 Å². The Morgan fingerprint density at radius 1 is 1.44 bits per heavy atom. The fourth-order valence-corrected chi connectivity index (χ4v) is 0.919. The van der Waals surface area contributed by atoms with Gasteiger partial charge in [-0.15, -0.1) is 0 Å². The summed E-state index contributed by atoms with van der Waals surface area (Å²) in [5.74, 6) is -0.165. The fourth-order valence-electron chi connectivity index (χ4n) is 0.919. The number of nitrogens with one attached hydrogen (secondary N) is 2. The molecule has 0 aliphatic rings. The first-order valence-corrected chi connectivity index (χ1v) is 4.44. The molecule has 0 fully saturated rings. The number of aromatic nitrogens is 3. The van der Waals surface area contributed by atoms with Crippen molar-refractivity contribution in [1.82, 2.24) is 20.5 Å². The van der Waals surface area contributed by atoms with E-state index in [4.69, 9.17) is 0 Å². The van der Waals surface area contributed by atoms with E-state index in [1.807, 2.05) is 0 Å². The molecule has 1 amide bonds. The molecule has 0 radical (unpaired) electrons. The van der Waals surface area contributed by atoms with Gasteiger partial charge < -0.3 is 5.32 Å². The van der Waals surface area contributed by atoms with Gasteiger partial charge in [0.2, 0.25) is 6.41 Å². The molecule has 0 spiro atoms. The number of halogens is 3. The van der Waals surface area contributed by atoms with Crippen molar-refractivity contribution >= 4 is 6.41 Å². The van der Waals surface area contributed by atoms with Crippen molar-refractivity contribution in [3.63, 3.8) is 0 Å². The highest BCUT2D eigenvalue weighted by Gasteiger charge is 2.51. The summed E-state index contributed by atoms with van der Waals surface area (Å²) >= 11 is 0. The van der Waals surface area contributed by atoms with Crippen molar-refractivity contribution < 1.29 is 18.0 Å². The monoisotopic (exact) mass is 236 g/mol. The molecule has 16 heavy (non-hydrogen) atoms. The van der Waals surface area contributed by atoms with Crippen LogP contribution in [0.2, 0.25) is 0 Å². The normalized spacial score (nSPS) is 12.6. The maximum Gasteiger partial charge on any atom is 0.401 e. The molecule has 0 saturated heterocycles. The van der Waals surface area contributed by atoms with Crippen LogP contribution in [0, 0.1) is 0 Å². The van der Waals surface area contributed by atoms with Gasteiger partial charge >= 0.3 is 6.18 Å². The number of H-pyrrole nitrogens is 1. The first-order valence-electron chi connectivity index (χ1n) is 4.44. The van der Waals surface area contributed by atoms with Gasteiger partial charge in [-0.2, -0.15) is 18.3 Å². The zero-order valence-electron chi connectivity index (χ0n) is 8.72.